The van der Waals surface area contributed by atoms with E-state index < -0.39 is 0 Å². The van der Waals surface area contributed by atoms with E-state index >= 15 is 0 Å². The molecule has 20 heavy (non-hydrogen) atoms. The van der Waals surface area contributed by atoms with Crippen molar-refractivity contribution in [1.82, 2.24) is 5.32 Å². The summed E-state index contributed by atoms with van der Waals surface area (Å²) in [7, 11) is 0. The van der Waals surface area contributed by atoms with E-state index in [1.54, 1.807) is 6.07 Å². The first-order chi connectivity index (χ1) is 9.47. The van der Waals surface area contributed by atoms with E-state index in [9.17, 15) is 0 Å². The maximum atomic E-state index is 6.22. The lowest BCUT2D eigenvalue weighted by Crippen LogP contribution is -2.18. The van der Waals surface area contributed by atoms with Crippen molar-refractivity contribution in [1.29, 1.82) is 0 Å². The molecular formula is C15H21Cl4N. The molecule has 0 aliphatic rings. The molecule has 1 aromatic carbocycles. The van der Waals surface area contributed by atoms with Gasteiger partial charge in [0, 0.05) is 5.02 Å². The Balaban J connectivity index is 2.51. The quantitative estimate of drug-likeness (QED) is 0.329. The van der Waals surface area contributed by atoms with Gasteiger partial charge in [-0.05, 0) is 56.3 Å². The first-order valence-corrected chi connectivity index (χ1v) is 8.51. The van der Waals surface area contributed by atoms with Crippen LogP contribution in [0, 0.1) is 5.92 Å². The van der Waals surface area contributed by atoms with E-state index in [1.807, 2.05) is 0 Å². The summed E-state index contributed by atoms with van der Waals surface area (Å²) in [5.74, 6) is 0.612. The van der Waals surface area contributed by atoms with Crippen LogP contribution in [0.1, 0.15) is 38.7 Å². The maximum Gasteiger partial charge on any atom is 0.0782 e. The Hall–Kier alpha value is 0.340. The largest absolute Gasteiger partial charge is 0.317 e. The fourth-order valence-electron chi connectivity index (χ4n) is 2.02. The highest BCUT2D eigenvalue weighted by molar-refractivity contribution is 6.49. The molecule has 0 aromatic heterocycles. The van der Waals surface area contributed by atoms with Gasteiger partial charge in [-0.2, -0.15) is 0 Å². The molecule has 1 nitrogen and oxygen atoms in total. The summed E-state index contributed by atoms with van der Waals surface area (Å²) in [4.78, 5) is 0. The van der Waals surface area contributed by atoms with Crippen LogP contribution in [0.4, 0.5) is 0 Å². The summed E-state index contributed by atoms with van der Waals surface area (Å²) in [5, 5.41) is 5.30. The molecule has 0 saturated carbocycles. The van der Waals surface area contributed by atoms with Crippen LogP contribution in [-0.2, 0) is 6.42 Å². The molecule has 0 saturated heterocycles. The monoisotopic (exact) mass is 355 g/mol. The summed E-state index contributed by atoms with van der Waals surface area (Å²) in [6, 6.07) is 1.67. The highest BCUT2D eigenvalue weighted by Crippen LogP contribution is 2.38. The van der Waals surface area contributed by atoms with Crippen LogP contribution in [-0.4, -0.2) is 13.1 Å². The van der Waals surface area contributed by atoms with Gasteiger partial charge in [0.2, 0.25) is 0 Å². The average Bonchev–Trinajstić information content (AvgIpc) is 2.41. The fourth-order valence-corrected chi connectivity index (χ4v) is 3.14. The predicted molar refractivity (Wildman–Crippen MR) is 91.7 cm³/mol. The van der Waals surface area contributed by atoms with Gasteiger partial charge >= 0.3 is 0 Å². The third-order valence-corrected chi connectivity index (χ3v) is 4.98. The minimum absolute atomic E-state index is 0.394. The van der Waals surface area contributed by atoms with Crippen molar-refractivity contribution in [2.75, 3.05) is 13.1 Å². The van der Waals surface area contributed by atoms with Crippen LogP contribution in [0.25, 0.3) is 0 Å². The predicted octanol–water partition coefficient (Wildman–Crippen LogP) is 6.26. The summed E-state index contributed by atoms with van der Waals surface area (Å²) < 4.78 is 0. The smallest absolute Gasteiger partial charge is 0.0782 e. The third-order valence-electron chi connectivity index (χ3n) is 3.34. The number of rotatable bonds is 8. The van der Waals surface area contributed by atoms with Crippen molar-refractivity contribution in [3.63, 3.8) is 0 Å². The average molecular weight is 357 g/mol. The van der Waals surface area contributed by atoms with E-state index in [2.05, 4.69) is 19.2 Å². The zero-order valence-electron chi connectivity index (χ0n) is 11.9. The van der Waals surface area contributed by atoms with Gasteiger partial charge in [0.1, 0.15) is 0 Å². The molecule has 0 heterocycles. The molecule has 0 spiro atoms. The first-order valence-electron chi connectivity index (χ1n) is 6.99. The summed E-state index contributed by atoms with van der Waals surface area (Å²) >= 11 is 24.4. The Morgan fingerprint density at radius 1 is 1.00 bits per heavy atom. The number of nitrogens with one attached hydrogen (secondary N) is 1. The summed E-state index contributed by atoms with van der Waals surface area (Å²) in [6.07, 6.45) is 4.17. The molecule has 0 aliphatic carbocycles. The van der Waals surface area contributed by atoms with Gasteiger partial charge in [-0.15, -0.1) is 0 Å². The number of hydrogen-bond donors (Lipinski definition) is 1. The second-order valence-corrected chi connectivity index (χ2v) is 6.70. The topological polar surface area (TPSA) is 12.0 Å². The Labute approximate surface area is 141 Å². The molecule has 1 unspecified atom stereocenters. The van der Waals surface area contributed by atoms with Crippen LogP contribution < -0.4 is 5.32 Å². The Kier molecular flexibility index (Phi) is 8.62. The van der Waals surface area contributed by atoms with Crippen molar-refractivity contribution in [3.8, 4) is 0 Å². The zero-order chi connectivity index (χ0) is 15.1. The Bertz CT molecular complexity index is 434. The van der Waals surface area contributed by atoms with E-state index in [1.165, 1.54) is 6.42 Å². The van der Waals surface area contributed by atoms with Crippen molar-refractivity contribution < 1.29 is 0 Å². The van der Waals surface area contributed by atoms with Crippen molar-refractivity contribution >= 4 is 46.4 Å². The van der Waals surface area contributed by atoms with Crippen molar-refractivity contribution in [2.24, 2.45) is 5.92 Å². The maximum absolute atomic E-state index is 6.22. The normalized spacial score (nSPS) is 12.7. The standard InChI is InChI=1S/C15H21Cl4N/c1-3-7-20-8-6-10(2)4-5-11-12(16)9-13(17)15(19)14(11)18/h9-10,20H,3-8H2,1-2H3. The highest BCUT2D eigenvalue weighted by atomic mass is 35.5. The molecule has 0 aliphatic heterocycles. The minimum Gasteiger partial charge on any atom is -0.317 e. The van der Waals surface area contributed by atoms with Gasteiger partial charge < -0.3 is 5.32 Å². The molecule has 114 valence electrons. The van der Waals surface area contributed by atoms with E-state index in [0.717, 1.165) is 37.9 Å². The van der Waals surface area contributed by atoms with Crippen LogP contribution in [0.2, 0.25) is 20.1 Å². The molecule has 0 bridgehead atoms. The Morgan fingerprint density at radius 2 is 1.70 bits per heavy atom. The fraction of sp³-hybridized carbons (Fsp3) is 0.600. The molecule has 1 aromatic rings. The van der Waals surface area contributed by atoms with E-state index in [-0.39, 0.29) is 0 Å². The SMILES string of the molecule is CCCNCCC(C)CCc1c(Cl)cc(Cl)c(Cl)c1Cl. The molecule has 0 radical (unpaired) electrons. The van der Waals surface area contributed by atoms with Gasteiger partial charge in [0.25, 0.3) is 0 Å². The highest BCUT2D eigenvalue weighted by Gasteiger charge is 2.14. The number of hydrogen-bond acceptors (Lipinski definition) is 1. The lowest BCUT2D eigenvalue weighted by molar-refractivity contribution is 0.470. The van der Waals surface area contributed by atoms with Crippen LogP contribution in [0.3, 0.4) is 0 Å². The summed E-state index contributed by atoms with van der Waals surface area (Å²) in [6.45, 7) is 6.55. The van der Waals surface area contributed by atoms with Crippen molar-refractivity contribution in [3.05, 3.63) is 31.7 Å². The second kappa shape index (κ2) is 9.38. The van der Waals surface area contributed by atoms with Gasteiger partial charge in [-0.25, -0.2) is 0 Å². The molecular weight excluding hydrogens is 336 g/mol. The lowest BCUT2D eigenvalue weighted by Gasteiger charge is -2.14. The number of benzene rings is 1. The van der Waals surface area contributed by atoms with Crippen LogP contribution in [0.15, 0.2) is 6.07 Å². The van der Waals surface area contributed by atoms with Gasteiger partial charge in [-0.3, -0.25) is 0 Å². The molecule has 1 N–H and O–H groups in total. The lowest BCUT2D eigenvalue weighted by atomic mass is 9.98. The molecule has 1 rings (SSSR count). The van der Waals surface area contributed by atoms with Gasteiger partial charge in [0.15, 0.2) is 0 Å². The Morgan fingerprint density at radius 3 is 2.35 bits per heavy atom. The third kappa shape index (κ3) is 5.61. The first kappa shape index (κ1) is 18.4. The van der Waals surface area contributed by atoms with Crippen molar-refractivity contribution in [2.45, 2.75) is 39.5 Å². The molecule has 5 heteroatoms. The number of halogens is 4. The minimum atomic E-state index is 0.394. The van der Waals surface area contributed by atoms with Gasteiger partial charge in [0.05, 0.1) is 15.1 Å². The second-order valence-electron chi connectivity index (χ2n) is 5.13. The van der Waals surface area contributed by atoms with E-state index in [4.69, 9.17) is 46.4 Å². The molecule has 0 fully saturated rings. The van der Waals surface area contributed by atoms with Crippen LogP contribution >= 0.6 is 46.4 Å². The van der Waals surface area contributed by atoms with Gasteiger partial charge in [-0.1, -0.05) is 60.3 Å². The summed E-state index contributed by atoms with van der Waals surface area (Å²) in [5.41, 5.74) is 0.899. The molecule has 1 atom stereocenters. The van der Waals surface area contributed by atoms with E-state index in [0.29, 0.717) is 26.0 Å². The van der Waals surface area contributed by atoms with Crippen LogP contribution in [0.5, 0.6) is 0 Å². The molecule has 0 amide bonds. The zero-order valence-corrected chi connectivity index (χ0v) is 14.9.